The second kappa shape index (κ2) is 3.13. The maximum Gasteiger partial charge on any atom is 0.173 e. The molecule has 0 aromatic rings. The van der Waals surface area contributed by atoms with E-state index in [0.717, 1.165) is 0 Å². The zero-order valence-corrected chi connectivity index (χ0v) is 6.79. The van der Waals surface area contributed by atoms with Gasteiger partial charge in [-0.25, -0.2) is 0 Å². The monoisotopic (exact) mass is 156 g/mol. The second-order valence-corrected chi connectivity index (χ2v) is 3.06. The Morgan fingerprint density at radius 3 is 2.09 bits per heavy atom. The highest BCUT2D eigenvalue weighted by atomic mass is 16.5. The van der Waals surface area contributed by atoms with Gasteiger partial charge in [-0.1, -0.05) is 6.92 Å². The molecular formula is C8H12O3. The van der Waals surface area contributed by atoms with Crippen LogP contribution in [-0.4, -0.2) is 24.8 Å². The van der Waals surface area contributed by atoms with Crippen molar-refractivity contribution in [1.29, 1.82) is 0 Å². The third-order valence-corrected chi connectivity index (χ3v) is 1.92. The average Bonchev–Trinajstić information content (AvgIpc) is 1.85. The van der Waals surface area contributed by atoms with E-state index in [2.05, 4.69) is 0 Å². The molecule has 0 heterocycles. The van der Waals surface area contributed by atoms with Gasteiger partial charge in [0.1, 0.15) is 0 Å². The van der Waals surface area contributed by atoms with Gasteiger partial charge < -0.3 is 4.74 Å². The highest BCUT2D eigenvalue weighted by Gasteiger charge is 2.33. The van der Waals surface area contributed by atoms with Crippen molar-refractivity contribution in [2.24, 2.45) is 5.92 Å². The van der Waals surface area contributed by atoms with Gasteiger partial charge in [-0.15, -0.1) is 0 Å². The molecule has 1 rings (SSSR count). The van der Waals surface area contributed by atoms with Crippen molar-refractivity contribution in [2.45, 2.75) is 25.9 Å². The van der Waals surface area contributed by atoms with E-state index in [1.54, 1.807) is 0 Å². The Labute approximate surface area is 65.7 Å². The second-order valence-electron chi connectivity index (χ2n) is 3.06. The number of ether oxygens (including phenoxy) is 1. The maximum absolute atomic E-state index is 11.1. The Bertz CT molecular complexity index is 168. The standard InChI is InChI=1S/C8H12O3/c1-5-3-6(9)8(11-2)7(10)4-5/h5,8H,3-4H2,1-2H3. The molecule has 0 amide bonds. The van der Waals surface area contributed by atoms with Gasteiger partial charge in [-0.2, -0.15) is 0 Å². The summed E-state index contributed by atoms with van der Waals surface area (Å²) in [6.45, 7) is 1.90. The molecule has 1 fully saturated rings. The summed E-state index contributed by atoms with van der Waals surface area (Å²) in [6.07, 6.45) is 0.181. The molecule has 0 unspecified atom stereocenters. The number of hydrogen-bond acceptors (Lipinski definition) is 3. The summed E-state index contributed by atoms with van der Waals surface area (Å²) >= 11 is 0. The average molecular weight is 156 g/mol. The fourth-order valence-electron chi connectivity index (χ4n) is 1.42. The lowest BCUT2D eigenvalue weighted by Gasteiger charge is -2.22. The van der Waals surface area contributed by atoms with Gasteiger partial charge in [-0.05, 0) is 5.92 Å². The Kier molecular flexibility index (Phi) is 2.39. The highest BCUT2D eigenvalue weighted by molar-refractivity contribution is 6.07. The lowest BCUT2D eigenvalue weighted by atomic mass is 9.87. The third-order valence-electron chi connectivity index (χ3n) is 1.92. The lowest BCUT2D eigenvalue weighted by Crippen LogP contribution is -2.38. The summed E-state index contributed by atoms with van der Waals surface area (Å²) in [5.74, 6) is 0.0499. The van der Waals surface area contributed by atoms with Gasteiger partial charge in [0.15, 0.2) is 17.7 Å². The van der Waals surface area contributed by atoms with Crippen LogP contribution in [0.4, 0.5) is 0 Å². The van der Waals surface area contributed by atoms with E-state index in [1.807, 2.05) is 6.92 Å². The summed E-state index contributed by atoms with van der Waals surface area (Å²) in [5.41, 5.74) is 0. The third kappa shape index (κ3) is 1.66. The van der Waals surface area contributed by atoms with Crippen molar-refractivity contribution < 1.29 is 14.3 Å². The van der Waals surface area contributed by atoms with Crippen molar-refractivity contribution in [1.82, 2.24) is 0 Å². The smallest absolute Gasteiger partial charge is 0.173 e. The highest BCUT2D eigenvalue weighted by Crippen LogP contribution is 2.19. The first kappa shape index (κ1) is 8.40. The minimum Gasteiger partial charge on any atom is -0.366 e. The minimum atomic E-state index is -0.772. The summed E-state index contributed by atoms with van der Waals surface area (Å²) in [7, 11) is 1.40. The quantitative estimate of drug-likeness (QED) is 0.521. The lowest BCUT2D eigenvalue weighted by molar-refractivity contribution is -0.145. The van der Waals surface area contributed by atoms with Crippen LogP contribution in [0.5, 0.6) is 0 Å². The molecule has 0 atom stereocenters. The fourth-order valence-corrected chi connectivity index (χ4v) is 1.42. The predicted octanol–water partition coefficient (Wildman–Crippen LogP) is 0.570. The van der Waals surface area contributed by atoms with Gasteiger partial charge in [0.25, 0.3) is 0 Å². The van der Waals surface area contributed by atoms with Crippen LogP contribution in [0.25, 0.3) is 0 Å². The molecule has 0 saturated heterocycles. The van der Waals surface area contributed by atoms with Crippen molar-refractivity contribution in [3.8, 4) is 0 Å². The van der Waals surface area contributed by atoms with Crippen molar-refractivity contribution in [2.75, 3.05) is 7.11 Å². The van der Waals surface area contributed by atoms with E-state index >= 15 is 0 Å². The van der Waals surface area contributed by atoms with Gasteiger partial charge in [0.05, 0.1) is 0 Å². The molecule has 0 bridgehead atoms. The molecule has 1 aliphatic rings. The van der Waals surface area contributed by atoms with Gasteiger partial charge >= 0.3 is 0 Å². The van der Waals surface area contributed by atoms with E-state index in [-0.39, 0.29) is 17.5 Å². The normalized spacial score (nSPS) is 32.5. The van der Waals surface area contributed by atoms with E-state index in [1.165, 1.54) is 7.11 Å². The van der Waals surface area contributed by atoms with E-state index in [9.17, 15) is 9.59 Å². The molecule has 1 aliphatic carbocycles. The Morgan fingerprint density at radius 1 is 1.27 bits per heavy atom. The molecule has 11 heavy (non-hydrogen) atoms. The zero-order valence-electron chi connectivity index (χ0n) is 6.79. The number of rotatable bonds is 1. The number of carbonyl (C=O) groups excluding carboxylic acids is 2. The summed E-state index contributed by atoms with van der Waals surface area (Å²) in [6, 6.07) is 0. The largest absolute Gasteiger partial charge is 0.366 e. The van der Waals surface area contributed by atoms with Crippen molar-refractivity contribution in [3.05, 3.63) is 0 Å². The van der Waals surface area contributed by atoms with Crippen LogP contribution in [0.15, 0.2) is 0 Å². The first-order valence-electron chi connectivity index (χ1n) is 3.73. The molecule has 1 saturated carbocycles. The van der Waals surface area contributed by atoms with Crippen LogP contribution in [0, 0.1) is 5.92 Å². The van der Waals surface area contributed by atoms with Gasteiger partial charge in [0.2, 0.25) is 0 Å². The molecule has 0 aliphatic heterocycles. The minimum absolute atomic E-state index is 0.0729. The molecule has 0 N–H and O–H groups in total. The van der Waals surface area contributed by atoms with Crippen LogP contribution >= 0.6 is 0 Å². The molecular weight excluding hydrogens is 144 g/mol. The molecule has 3 heteroatoms. The summed E-state index contributed by atoms with van der Waals surface area (Å²) in [4.78, 5) is 22.2. The topological polar surface area (TPSA) is 43.4 Å². The summed E-state index contributed by atoms with van der Waals surface area (Å²) < 4.78 is 4.76. The van der Waals surface area contributed by atoms with E-state index < -0.39 is 6.10 Å². The first-order chi connectivity index (χ1) is 5.15. The van der Waals surface area contributed by atoms with Gasteiger partial charge in [-0.3, -0.25) is 9.59 Å². The molecule has 62 valence electrons. The maximum atomic E-state index is 11.1. The van der Waals surface area contributed by atoms with Gasteiger partial charge in [0, 0.05) is 20.0 Å². The molecule has 0 aromatic heterocycles. The van der Waals surface area contributed by atoms with E-state index in [0.29, 0.717) is 12.8 Å². The molecule has 0 aromatic carbocycles. The number of carbonyl (C=O) groups is 2. The van der Waals surface area contributed by atoms with Crippen molar-refractivity contribution >= 4 is 11.6 Å². The Morgan fingerprint density at radius 2 is 1.73 bits per heavy atom. The summed E-state index contributed by atoms with van der Waals surface area (Å²) in [5, 5.41) is 0. The fraction of sp³-hybridized carbons (Fsp3) is 0.750. The van der Waals surface area contributed by atoms with Crippen LogP contribution in [0.1, 0.15) is 19.8 Å². The van der Waals surface area contributed by atoms with Crippen LogP contribution in [0.2, 0.25) is 0 Å². The molecule has 3 nitrogen and oxygen atoms in total. The number of methoxy groups -OCH3 is 1. The zero-order chi connectivity index (χ0) is 8.43. The SMILES string of the molecule is COC1C(=O)CC(C)CC1=O. The van der Waals surface area contributed by atoms with Crippen molar-refractivity contribution in [3.63, 3.8) is 0 Å². The number of hydrogen-bond donors (Lipinski definition) is 0. The molecule has 0 spiro atoms. The van der Waals surface area contributed by atoms with Crippen LogP contribution < -0.4 is 0 Å². The predicted molar refractivity (Wildman–Crippen MR) is 39.2 cm³/mol. The Hall–Kier alpha value is -0.700. The number of ketones is 2. The first-order valence-corrected chi connectivity index (χ1v) is 3.73. The van der Waals surface area contributed by atoms with E-state index in [4.69, 9.17) is 4.74 Å². The van der Waals surface area contributed by atoms with Crippen LogP contribution in [0.3, 0.4) is 0 Å². The molecule has 0 radical (unpaired) electrons. The number of Topliss-reactive ketones (excluding diaryl/α,β-unsaturated/α-hetero) is 2. The van der Waals surface area contributed by atoms with Crippen LogP contribution in [-0.2, 0) is 14.3 Å². The Balaban J connectivity index is 2.67.